The van der Waals surface area contributed by atoms with Crippen molar-refractivity contribution in [2.45, 2.75) is 0 Å². The lowest BCUT2D eigenvalue weighted by atomic mass is 10.2. The second-order valence-electron chi connectivity index (χ2n) is 5.64. The number of nitrogens with one attached hydrogen (secondary N) is 3. The van der Waals surface area contributed by atoms with Crippen molar-refractivity contribution in [1.82, 2.24) is 10.9 Å². The van der Waals surface area contributed by atoms with E-state index in [1.807, 2.05) is 0 Å². The number of thiophene rings is 1. The molecule has 11 heteroatoms. The Morgan fingerprint density at radius 3 is 2.62 bits per heavy atom. The highest BCUT2D eigenvalue weighted by molar-refractivity contribution is 7.80. The molecule has 0 aliphatic rings. The van der Waals surface area contributed by atoms with Crippen LogP contribution in [0, 0.1) is 0 Å². The van der Waals surface area contributed by atoms with Gasteiger partial charge < -0.3 is 15.2 Å². The van der Waals surface area contributed by atoms with Crippen molar-refractivity contribution in [3.63, 3.8) is 0 Å². The fourth-order valence-corrected chi connectivity index (χ4v) is 4.21. The normalized spacial score (nSPS) is 10.4. The molecule has 3 aromatic rings. The van der Waals surface area contributed by atoms with Crippen molar-refractivity contribution in [2.24, 2.45) is 0 Å². The minimum absolute atomic E-state index is 0.00205. The predicted octanol–water partition coefficient (Wildman–Crippen LogP) is 4.33. The zero-order valence-corrected chi connectivity index (χ0v) is 17.9. The fourth-order valence-electron chi connectivity index (χ4n) is 2.40. The Bertz CT molecular complexity index is 1130. The van der Waals surface area contributed by atoms with E-state index >= 15 is 0 Å². The second-order valence-corrected chi connectivity index (χ2v) is 7.92. The number of phenols is 1. The molecule has 0 saturated heterocycles. The third-order valence-electron chi connectivity index (χ3n) is 3.75. The van der Waals surface area contributed by atoms with Gasteiger partial charge in [-0.15, -0.1) is 11.3 Å². The van der Waals surface area contributed by atoms with Crippen molar-refractivity contribution < 1.29 is 19.4 Å². The molecule has 3 rings (SSSR count). The second kappa shape index (κ2) is 8.83. The maximum absolute atomic E-state index is 12.1. The molecular weight excluding hydrogens is 457 g/mol. The van der Waals surface area contributed by atoms with Gasteiger partial charge in [0.15, 0.2) is 5.11 Å². The van der Waals surface area contributed by atoms with Gasteiger partial charge in [0.05, 0.1) is 17.7 Å². The number of carbonyl (C=O) groups is 2. The van der Waals surface area contributed by atoms with E-state index in [1.54, 1.807) is 18.2 Å². The first-order valence-corrected chi connectivity index (χ1v) is 9.94. The average Bonchev–Trinajstić information content (AvgIpc) is 3.03. The molecule has 2 aromatic carbocycles. The standard InChI is InChI=1S/C18H13Cl2N3O4S2/c1-27-17(26)15-14(20)10-4-3-9(7-13(10)29-15)21-18(28)23-22-16(25)11-6-8(19)2-5-12(11)24/h2-7,24H,1H3,(H,22,25)(H2,21,23,28). The van der Waals surface area contributed by atoms with Crippen molar-refractivity contribution in [3.05, 3.63) is 56.9 Å². The number of halogens is 2. The molecule has 0 saturated carbocycles. The molecule has 0 aliphatic heterocycles. The first-order chi connectivity index (χ1) is 13.8. The molecule has 1 amide bonds. The van der Waals surface area contributed by atoms with Gasteiger partial charge in [-0.25, -0.2) is 4.79 Å². The van der Waals surface area contributed by atoms with E-state index in [1.165, 1.54) is 36.6 Å². The molecule has 7 nitrogen and oxygen atoms in total. The summed E-state index contributed by atoms with van der Waals surface area (Å²) in [6.45, 7) is 0. The largest absolute Gasteiger partial charge is 0.507 e. The lowest BCUT2D eigenvalue weighted by Gasteiger charge is -2.12. The number of hydrogen-bond donors (Lipinski definition) is 4. The number of methoxy groups -OCH3 is 1. The molecule has 0 bridgehead atoms. The van der Waals surface area contributed by atoms with Gasteiger partial charge in [0.1, 0.15) is 10.6 Å². The molecular formula is C18H13Cl2N3O4S2. The Kier molecular flexibility index (Phi) is 6.43. The Morgan fingerprint density at radius 1 is 1.14 bits per heavy atom. The first-order valence-electron chi connectivity index (χ1n) is 7.96. The number of benzene rings is 2. The molecule has 1 heterocycles. The minimum atomic E-state index is -0.614. The lowest BCUT2D eigenvalue weighted by molar-refractivity contribution is 0.0606. The predicted molar refractivity (Wildman–Crippen MR) is 118 cm³/mol. The van der Waals surface area contributed by atoms with Crippen LogP contribution in [0.5, 0.6) is 5.75 Å². The third-order valence-corrected chi connectivity index (χ3v) is 5.83. The number of aromatic hydroxyl groups is 1. The van der Waals surface area contributed by atoms with Crippen LogP contribution in [0.1, 0.15) is 20.0 Å². The van der Waals surface area contributed by atoms with Crippen molar-refractivity contribution in [3.8, 4) is 5.75 Å². The number of fused-ring (bicyclic) bond motifs is 1. The SMILES string of the molecule is COC(=O)c1sc2cc(NC(=S)NNC(=O)c3cc(Cl)ccc3O)ccc2c1Cl. The van der Waals surface area contributed by atoms with Crippen LogP contribution in [0.3, 0.4) is 0 Å². The van der Waals surface area contributed by atoms with Crippen molar-refractivity contribution >= 4 is 79.5 Å². The first kappa shape index (κ1) is 21.1. The van der Waals surface area contributed by atoms with Gasteiger partial charge in [-0.2, -0.15) is 0 Å². The average molecular weight is 470 g/mol. The van der Waals surface area contributed by atoms with Crippen LogP contribution in [-0.2, 0) is 4.74 Å². The molecule has 150 valence electrons. The highest BCUT2D eigenvalue weighted by Crippen LogP contribution is 2.37. The topological polar surface area (TPSA) is 99.7 Å². The smallest absolute Gasteiger partial charge is 0.349 e. The number of carbonyl (C=O) groups excluding carboxylic acids is 2. The molecule has 4 N–H and O–H groups in total. The summed E-state index contributed by atoms with van der Waals surface area (Å²) in [7, 11) is 1.29. The summed E-state index contributed by atoms with van der Waals surface area (Å²) in [5.74, 6) is -1.33. The Labute approximate surface area is 184 Å². The van der Waals surface area contributed by atoms with Crippen molar-refractivity contribution in [2.75, 3.05) is 12.4 Å². The summed E-state index contributed by atoms with van der Waals surface area (Å²) < 4.78 is 5.48. The molecule has 1 aromatic heterocycles. The number of esters is 1. The molecule has 29 heavy (non-hydrogen) atoms. The number of phenolic OH excluding ortho intramolecular Hbond substituents is 1. The number of ether oxygens (including phenoxy) is 1. The Balaban J connectivity index is 1.67. The number of amides is 1. The number of rotatable bonds is 3. The van der Waals surface area contributed by atoms with E-state index in [-0.39, 0.29) is 16.4 Å². The van der Waals surface area contributed by atoms with Crippen LogP contribution in [0.15, 0.2) is 36.4 Å². The maximum atomic E-state index is 12.1. The zero-order chi connectivity index (χ0) is 21.1. The van der Waals surface area contributed by atoms with Gasteiger partial charge in [0.25, 0.3) is 5.91 Å². The number of anilines is 1. The maximum Gasteiger partial charge on any atom is 0.349 e. The summed E-state index contributed by atoms with van der Waals surface area (Å²) in [5.41, 5.74) is 5.52. The van der Waals surface area contributed by atoms with E-state index in [9.17, 15) is 14.7 Å². The molecule has 0 aliphatic carbocycles. The summed E-state index contributed by atoms with van der Waals surface area (Å²) in [6.07, 6.45) is 0. The van der Waals surface area contributed by atoms with Gasteiger partial charge >= 0.3 is 5.97 Å². The van der Waals surface area contributed by atoms with Crippen LogP contribution < -0.4 is 16.2 Å². The van der Waals surface area contributed by atoms with Crippen LogP contribution in [-0.4, -0.2) is 29.2 Å². The third kappa shape index (κ3) is 4.70. The zero-order valence-electron chi connectivity index (χ0n) is 14.7. The summed E-state index contributed by atoms with van der Waals surface area (Å²) in [6, 6.07) is 9.34. The lowest BCUT2D eigenvalue weighted by Crippen LogP contribution is -2.43. The van der Waals surface area contributed by atoms with Crippen LogP contribution >= 0.6 is 46.8 Å². The van der Waals surface area contributed by atoms with Crippen LogP contribution in [0.2, 0.25) is 10.0 Å². The number of hydrogen-bond acceptors (Lipinski definition) is 6. The van der Waals surface area contributed by atoms with Gasteiger partial charge in [0, 0.05) is 20.8 Å². The van der Waals surface area contributed by atoms with Gasteiger partial charge in [-0.1, -0.05) is 23.2 Å². The molecule has 0 fully saturated rings. The highest BCUT2D eigenvalue weighted by Gasteiger charge is 2.18. The number of thiocarbonyl (C=S) groups is 1. The van der Waals surface area contributed by atoms with Gasteiger partial charge in [-0.3, -0.25) is 15.6 Å². The Hall–Kier alpha value is -2.59. The van der Waals surface area contributed by atoms with E-state index in [4.69, 9.17) is 40.2 Å². The minimum Gasteiger partial charge on any atom is -0.507 e. The molecule has 0 atom stereocenters. The van der Waals surface area contributed by atoms with Crippen LogP contribution in [0.25, 0.3) is 10.1 Å². The van der Waals surface area contributed by atoms with Crippen LogP contribution in [0.4, 0.5) is 5.69 Å². The van der Waals surface area contributed by atoms with E-state index < -0.39 is 11.9 Å². The van der Waals surface area contributed by atoms with E-state index in [0.29, 0.717) is 26.0 Å². The number of hydrazine groups is 1. The monoisotopic (exact) mass is 469 g/mol. The Morgan fingerprint density at radius 2 is 1.90 bits per heavy atom. The fraction of sp³-hybridized carbons (Fsp3) is 0.0556. The van der Waals surface area contributed by atoms with Gasteiger partial charge in [0.2, 0.25) is 0 Å². The van der Waals surface area contributed by atoms with E-state index in [2.05, 4.69) is 16.2 Å². The van der Waals surface area contributed by atoms with E-state index in [0.717, 1.165) is 4.70 Å². The quantitative estimate of drug-likeness (QED) is 0.257. The molecule has 0 radical (unpaired) electrons. The highest BCUT2D eigenvalue weighted by atomic mass is 35.5. The van der Waals surface area contributed by atoms with Gasteiger partial charge in [-0.05, 0) is 48.6 Å². The summed E-state index contributed by atoms with van der Waals surface area (Å²) in [5, 5.41) is 14.1. The molecule has 0 unspecified atom stereocenters. The molecule has 0 spiro atoms. The summed E-state index contributed by atoms with van der Waals surface area (Å²) in [4.78, 5) is 24.2. The van der Waals surface area contributed by atoms with Crippen molar-refractivity contribution in [1.29, 1.82) is 0 Å². The summed E-state index contributed by atoms with van der Waals surface area (Å²) >= 11 is 18.4.